The van der Waals surface area contributed by atoms with Gasteiger partial charge in [-0.2, -0.15) is 0 Å². The minimum Gasteiger partial charge on any atom is -0.352 e. The molecule has 0 aliphatic carbocycles. The Labute approximate surface area is 184 Å². The molecule has 1 aliphatic rings. The van der Waals surface area contributed by atoms with Gasteiger partial charge in [0.05, 0.1) is 29.0 Å². The number of nitrogens with one attached hydrogen (secondary N) is 1. The largest absolute Gasteiger partial charge is 0.352 e. The van der Waals surface area contributed by atoms with E-state index >= 15 is 0 Å². The Bertz CT molecular complexity index is 1050. The van der Waals surface area contributed by atoms with E-state index in [1.54, 1.807) is 29.4 Å². The molecule has 2 atom stereocenters. The molecule has 3 heterocycles. The number of amides is 1. The number of hydrogen-bond acceptors (Lipinski definition) is 6. The molecule has 1 fully saturated rings. The molecule has 2 unspecified atom stereocenters. The van der Waals surface area contributed by atoms with Crippen LogP contribution in [-0.4, -0.2) is 49.9 Å². The number of carbonyl (C=O) groups excluding carboxylic acids is 1. The highest BCUT2D eigenvalue weighted by Gasteiger charge is 2.33. The average Bonchev–Trinajstić information content (AvgIpc) is 2.79. The zero-order valence-electron chi connectivity index (χ0n) is 17.0. The molecule has 160 valence electrons. The maximum atomic E-state index is 14.1. The van der Waals surface area contributed by atoms with Crippen LogP contribution in [0.3, 0.4) is 0 Å². The highest BCUT2D eigenvalue weighted by atomic mass is 35.5. The second-order valence-electron chi connectivity index (χ2n) is 7.55. The third-order valence-corrected chi connectivity index (χ3v) is 5.68. The number of nitrogens with zero attached hydrogens (tertiary/aromatic N) is 5. The summed E-state index contributed by atoms with van der Waals surface area (Å²) in [6.07, 6.45) is 8.11. The number of anilines is 1. The van der Waals surface area contributed by atoms with E-state index in [0.717, 1.165) is 12.8 Å². The summed E-state index contributed by atoms with van der Waals surface area (Å²) in [7, 11) is 0. The van der Waals surface area contributed by atoms with Gasteiger partial charge in [-0.05, 0) is 43.0 Å². The lowest BCUT2D eigenvalue weighted by Crippen LogP contribution is -2.51. The molecule has 0 saturated carbocycles. The molecule has 7 nitrogen and oxygen atoms in total. The second-order valence-corrected chi connectivity index (χ2v) is 7.99. The van der Waals surface area contributed by atoms with Crippen LogP contribution >= 0.6 is 11.6 Å². The smallest absolute Gasteiger partial charge is 0.255 e. The summed E-state index contributed by atoms with van der Waals surface area (Å²) in [5.41, 5.74) is 0.769. The van der Waals surface area contributed by atoms with Crippen molar-refractivity contribution in [2.24, 2.45) is 5.92 Å². The van der Waals surface area contributed by atoms with Gasteiger partial charge in [0.1, 0.15) is 5.82 Å². The van der Waals surface area contributed by atoms with E-state index in [0.29, 0.717) is 35.4 Å². The zero-order chi connectivity index (χ0) is 21.8. The predicted octanol–water partition coefficient (Wildman–Crippen LogP) is 4.08. The maximum absolute atomic E-state index is 14.1. The number of likely N-dealkylation sites (tertiary alicyclic amines) is 1. The van der Waals surface area contributed by atoms with Crippen molar-refractivity contribution in [3.05, 3.63) is 65.5 Å². The first kappa shape index (κ1) is 21.1. The summed E-state index contributed by atoms with van der Waals surface area (Å²) in [6, 6.07) is 5.73. The number of aromatic nitrogens is 4. The van der Waals surface area contributed by atoms with E-state index in [1.807, 2.05) is 0 Å². The Balaban J connectivity index is 1.61. The molecular formula is C22H22ClFN6O. The molecule has 1 aliphatic heterocycles. The number of piperidine rings is 1. The number of carbonyl (C=O) groups is 1. The van der Waals surface area contributed by atoms with Crippen LogP contribution in [0, 0.1) is 11.7 Å². The van der Waals surface area contributed by atoms with Crippen molar-refractivity contribution in [1.82, 2.24) is 24.8 Å². The van der Waals surface area contributed by atoms with Crippen LogP contribution in [0.1, 0.15) is 30.1 Å². The van der Waals surface area contributed by atoms with Crippen molar-refractivity contribution in [2.45, 2.75) is 25.8 Å². The first-order chi connectivity index (χ1) is 15.0. The summed E-state index contributed by atoms with van der Waals surface area (Å²) in [5, 5.41) is 3.65. The number of halogens is 2. The van der Waals surface area contributed by atoms with Crippen LogP contribution in [-0.2, 0) is 0 Å². The predicted molar refractivity (Wildman–Crippen MR) is 116 cm³/mol. The van der Waals surface area contributed by atoms with Gasteiger partial charge in [-0.25, -0.2) is 24.3 Å². The van der Waals surface area contributed by atoms with Gasteiger partial charge < -0.3 is 10.2 Å². The van der Waals surface area contributed by atoms with E-state index in [1.165, 1.54) is 24.5 Å². The number of rotatable bonds is 5. The van der Waals surface area contributed by atoms with Gasteiger partial charge in [0.25, 0.3) is 5.91 Å². The fraction of sp³-hybridized carbons (Fsp3) is 0.318. The first-order valence-corrected chi connectivity index (χ1v) is 10.5. The fourth-order valence-electron chi connectivity index (χ4n) is 3.89. The Morgan fingerprint density at radius 2 is 1.97 bits per heavy atom. The topological polar surface area (TPSA) is 83.9 Å². The Morgan fingerprint density at radius 3 is 2.71 bits per heavy atom. The van der Waals surface area contributed by atoms with E-state index in [9.17, 15) is 9.18 Å². The molecule has 0 radical (unpaired) electrons. The van der Waals surface area contributed by atoms with Crippen molar-refractivity contribution in [1.29, 1.82) is 0 Å². The number of benzene rings is 1. The van der Waals surface area contributed by atoms with Crippen LogP contribution in [0.5, 0.6) is 0 Å². The van der Waals surface area contributed by atoms with Gasteiger partial charge in [-0.1, -0.05) is 18.5 Å². The van der Waals surface area contributed by atoms with E-state index < -0.39 is 5.82 Å². The van der Waals surface area contributed by atoms with Crippen LogP contribution in [0.2, 0.25) is 5.02 Å². The summed E-state index contributed by atoms with van der Waals surface area (Å²) in [5.74, 6) is 0.371. The van der Waals surface area contributed by atoms with Crippen molar-refractivity contribution in [3.63, 3.8) is 0 Å². The lowest BCUT2D eigenvalue weighted by atomic mass is 9.89. The molecule has 4 rings (SSSR count). The summed E-state index contributed by atoms with van der Waals surface area (Å²) in [4.78, 5) is 32.2. The maximum Gasteiger partial charge on any atom is 0.255 e. The monoisotopic (exact) mass is 440 g/mol. The summed E-state index contributed by atoms with van der Waals surface area (Å²) in [6.45, 7) is 3.17. The van der Waals surface area contributed by atoms with Crippen molar-refractivity contribution in [3.8, 4) is 11.4 Å². The molecule has 0 bridgehead atoms. The third kappa shape index (κ3) is 4.80. The standard InChI is InChI=1S/C22H22ClFN6O/c1-14-4-2-9-30(19(14)13-29-22-27-11-15(23)12-28-22)21(31)18-10-16(24)5-6-17(18)20-25-7-3-8-26-20/h3,5-8,10-12,14,19H,2,4,9,13H2,1H3,(H,27,28,29). The van der Waals surface area contributed by atoms with Gasteiger partial charge in [-0.15, -0.1) is 0 Å². The average molecular weight is 441 g/mol. The molecule has 3 aromatic rings. The molecule has 1 N–H and O–H groups in total. The van der Waals surface area contributed by atoms with Gasteiger partial charge in [0.15, 0.2) is 5.82 Å². The van der Waals surface area contributed by atoms with E-state index in [-0.39, 0.29) is 23.4 Å². The first-order valence-electron chi connectivity index (χ1n) is 10.1. The Morgan fingerprint density at radius 1 is 1.23 bits per heavy atom. The Kier molecular flexibility index (Phi) is 6.36. The van der Waals surface area contributed by atoms with Crippen molar-refractivity contribution < 1.29 is 9.18 Å². The lowest BCUT2D eigenvalue weighted by molar-refractivity contribution is 0.0540. The summed E-state index contributed by atoms with van der Waals surface area (Å²) >= 11 is 5.85. The SMILES string of the molecule is CC1CCCN(C(=O)c2cc(F)ccc2-c2ncccn2)C1CNc1ncc(Cl)cn1. The molecule has 1 amide bonds. The van der Waals surface area contributed by atoms with Crippen LogP contribution < -0.4 is 5.32 Å². The third-order valence-electron chi connectivity index (χ3n) is 5.48. The Hall–Kier alpha value is -3.13. The highest BCUT2D eigenvalue weighted by Crippen LogP contribution is 2.29. The fourth-order valence-corrected chi connectivity index (χ4v) is 3.99. The van der Waals surface area contributed by atoms with Crippen molar-refractivity contribution in [2.75, 3.05) is 18.4 Å². The molecule has 1 saturated heterocycles. The molecule has 31 heavy (non-hydrogen) atoms. The van der Waals surface area contributed by atoms with Gasteiger partial charge in [0, 0.05) is 31.0 Å². The van der Waals surface area contributed by atoms with Gasteiger partial charge >= 0.3 is 0 Å². The van der Waals surface area contributed by atoms with Crippen LogP contribution in [0.25, 0.3) is 11.4 Å². The van der Waals surface area contributed by atoms with Crippen molar-refractivity contribution >= 4 is 23.5 Å². The van der Waals surface area contributed by atoms with Gasteiger partial charge in [0.2, 0.25) is 5.95 Å². The van der Waals surface area contributed by atoms with E-state index in [4.69, 9.17) is 11.6 Å². The number of hydrogen-bond donors (Lipinski definition) is 1. The molecular weight excluding hydrogens is 419 g/mol. The molecule has 0 spiro atoms. The minimum atomic E-state index is -0.475. The van der Waals surface area contributed by atoms with E-state index in [2.05, 4.69) is 32.2 Å². The zero-order valence-corrected chi connectivity index (χ0v) is 17.8. The summed E-state index contributed by atoms with van der Waals surface area (Å²) < 4.78 is 14.1. The quantitative estimate of drug-likeness (QED) is 0.643. The minimum absolute atomic E-state index is 0.103. The van der Waals surface area contributed by atoms with Crippen LogP contribution in [0.4, 0.5) is 10.3 Å². The normalized spacial score (nSPS) is 18.6. The lowest BCUT2D eigenvalue weighted by Gasteiger charge is -2.40. The molecule has 9 heteroatoms. The molecule has 2 aromatic heterocycles. The van der Waals surface area contributed by atoms with Crippen LogP contribution in [0.15, 0.2) is 49.1 Å². The highest BCUT2D eigenvalue weighted by molar-refractivity contribution is 6.30. The second kappa shape index (κ2) is 9.34. The van der Waals surface area contributed by atoms with Gasteiger partial charge in [-0.3, -0.25) is 4.79 Å². The molecule has 1 aromatic carbocycles.